The predicted molar refractivity (Wildman–Crippen MR) is 116 cm³/mol. The summed E-state index contributed by atoms with van der Waals surface area (Å²) in [7, 11) is 0. The van der Waals surface area contributed by atoms with Crippen LogP contribution in [0.5, 0.6) is 0 Å². The van der Waals surface area contributed by atoms with Crippen LogP contribution in [-0.2, 0) is 0 Å². The molecule has 0 atom stereocenters. The molecule has 178 valence electrons. The fourth-order valence-corrected chi connectivity index (χ4v) is 21.1. The summed E-state index contributed by atoms with van der Waals surface area (Å²) in [4.78, 5) is 0. The van der Waals surface area contributed by atoms with Crippen molar-refractivity contribution in [1.29, 1.82) is 0 Å². The molecular formula is C24H29F7Sn. The summed E-state index contributed by atoms with van der Waals surface area (Å²) in [5.41, 5.74) is -1.56. The summed E-state index contributed by atoms with van der Waals surface area (Å²) >= 11 is -3.66. The molecule has 0 spiro atoms. The fraction of sp³-hybridized carbons (Fsp3) is 0.500. The van der Waals surface area contributed by atoms with Gasteiger partial charge in [0, 0.05) is 0 Å². The minimum atomic E-state index is -3.66. The third-order valence-electron chi connectivity index (χ3n) is 6.14. The number of unbranched alkanes of at least 4 members (excludes halogenated alkanes) is 3. The third-order valence-corrected chi connectivity index (χ3v) is 21.8. The van der Waals surface area contributed by atoms with Crippen LogP contribution in [-0.4, -0.2) is 18.4 Å². The van der Waals surface area contributed by atoms with Crippen molar-refractivity contribution >= 4 is 22.0 Å². The third kappa shape index (κ3) is 5.45. The van der Waals surface area contributed by atoms with E-state index in [0.717, 1.165) is 57.9 Å². The summed E-state index contributed by atoms with van der Waals surface area (Å²) < 4.78 is 102. The Morgan fingerprint density at radius 2 is 0.938 bits per heavy atom. The number of hydrogen-bond donors (Lipinski definition) is 0. The van der Waals surface area contributed by atoms with Crippen molar-refractivity contribution in [2.24, 2.45) is 0 Å². The number of rotatable bonds is 11. The van der Waals surface area contributed by atoms with E-state index in [0.29, 0.717) is 9.65 Å². The van der Waals surface area contributed by atoms with E-state index in [-0.39, 0.29) is 0 Å². The zero-order valence-electron chi connectivity index (χ0n) is 18.7. The van der Waals surface area contributed by atoms with Crippen LogP contribution in [0.15, 0.2) is 12.1 Å². The predicted octanol–water partition coefficient (Wildman–Crippen LogP) is 8.38. The normalized spacial score (nSPS) is 11.9. The van der Waals surface area contributed by atoms with Crippen LogP contribution in [0.2, 0.25) is 13.3 Å². The second-order valence-electron chi connectivity index (χ2n) is 8.35. The van der Waals surface area contributed by atoms with Gasteiger partial charge in [0.25, 0.3) is 0 Å². The molecular weight excluding hydrogens is 540 g/mol. The van der Waals surface area contributed by atoms with Crippen molar-refractivity contribution in [2.75, 3.05) is 0 Å². The molecule has 0 saturated heterocycles. The van der Waals surface area contributed by atoms with Gasteiger partial charge in [0.2, 0.25) is 0 Å². The van der Waals surface area contributed by atoms with Gasteiger partial charge in [-0.3, -0.25) is 0 Å². The average Bonchev–Trinajstić information content (AvgIpc) is 2.78. The Morgan fingerprint density at radius 1 is 0.562 bits per heavy atom. The molecule has 0 fully saturated rings. The van der Waals surface area contributed by atoms with Crippen molar-refractivity contribution < 1.29 is 30.7 Å². The van der Waals surface area contributed by atoms with Crippen LogP contribution >= 0.6 is 0 Å². The van der Waals surface area contributed by atoms with E-state index >= 15 is 0 Å². The Bertz CT molecular complexity index is 892. The molecule has 2 rings (SSSR count). The van der Waals surface area contributed by atoms with Gasteiger partial charge in [0.15, 0.2) is 0 Å². The van der Waals surface area contributed by atoms with Gasteiger partial charge in [-0.25, -0.2) is 0 Å². The molecule has 0 unspecified atom stereocenters. The van der Waals surface area contributed by atoms with Gasteiger partial charge in [-0.2, -0.15) is 0 Å². The van der Waals surface area contributed by atoms with Crippen molar-refractivity contribution in [3.63, 3.8) is 0 Å². The molecule has 0 aliphatic heterocycles. The Morgan fingerprint density at radius 3 is 1.34 bits per heavy atom. The molecule has 0 bridgehead atoms. The van der Waals surface area contributed by atoms with Crippen molar-refractivity contribution in [3.8, 4) is 11.1 Å². The summed E-state index contributed by atoms with van der Waals surface area (Å²) in [6.45, 7) is 5.98. The quantitative estimate of drug-likeness (QED) is 0.110. The second kappa shape index (κ2) is 11.7. The van der Waals surface area contributed by atoms with Gasteiger partial charge in [-0.15, -0.1) is 0 Å². The van der Waals surface area contributed by atoms with E-state index in [1.54, 1.807) is 0 Å². The van der Waals surface area contributed by atoms with Gasteiger partial charge < -0.3 is 0 Å². The van der Waals surface area contributed by atoms with E-state index in [4.69, 9.17) is 0 Å². The molecule has 0 saturated carbocycles. The Balaban J connectivity index is 2.92. The zero-order valence-corrected chi connectivity index (χ0v) is 21.5. The van der Waals surface area contributed by atoms with Gasteiger partial charge in [-0.05, 0) is 0 Å². The van der Waals surface area contributed by atoms with Crippen LogP contribution in [0.25, 0.3) is 11.1 Å². The van der Waals surface area contributed by atoms with Crippen molar-refractivity contribution in [3.05, 3.63) is 52.9 Å². The first-order chi connectivity index (χ1) is 15.1. The molecule has 32 heavy (non-hydrogen) atoms. The first-order valence-electron chi connectivity index (χ1n) is 11.2. The van der Waals surface area contributed by atoms with Gasteiger partial charge in [0.1, 0.15) is 0 Å². The van der Waals surface area contributed by atoms with E-state index in [9.17, 15) is 30.7 Å². The molecule has 0 aliphatic rings. The summed E-state index contributed by atoms with van der Waals surface area (Å²) in [6, 6.07) is 1.58. The van der Waals surface area contributed by atoms with E-state index in [1.165, 1.54) is 0 Å². The molecule has 0 aliphatic carbocycles. The second-order valence-corrected chi connectivity index (χ2v) is 21.5. The topological polar surface area (TPSA) is 0 Å². The maximum atomic E-state index is 14.7. The van der Waals surface area contributed by atoms with E-state index in [2.05, 4.69) is 0 Å². The molecule has 8 heteroatoms. The van der Waals surface area contributed by atoms with E-state index in [1.807, 2.05) is 20.8 Å². The SMILES string of the molecule is CCC[CH2][Sn]([CH2]CCC)([CH2]CCC)[c]1cc(F)c(F)cc1-c1c(F)c(F)c(F)c(F)c1F. The Labute approximate surface area is 189 Å². The van der Waals surface area contributed by atoms with Gasteiger partial charge >= 0.3 is 189 Å². The number of benzene rings is 2. The zero-order chi connectivity index (χ0) is 24.1. The van der Waals surface area contributed by atoms with Crippen molar-refractivity contribution in [2.45, 2.75) is 72.6 Å². The van der Waals surface area contributed by atoms with Crippen molar-refractivity contribution in [1.82, 2.24) is 0 Å². The molecule has 0 amide bonds. The number of halogens is 7. The Kier molecular flexibility index (Phi) is 9.91. The monoisotopic (exact) mass is 570 g/mol. The summed E-state index contributed by atoms with van der Waals surface area (Å²) in [6.07, 6.45) is 4.95. The van der Waals surface area contributed by atoms with E-state index < -0.39 is 70.2 Å². The van der Waals surface area contributed by atoms with Crippen LogP contribution < -0.4 is 3.58 Å². The first-order valence-corrected chi connectivity index (χ1v) is 18.6. The molecule has 0 heterocycles. The number of hydrogen-bond acceptors (Lipinski definition) is 0. The Hall–Kier alpha value is -1.25. The standard InChI is InChI=1S/C12H2F7.3C4H9.Sn/c13-5-2-1-4(3-6(5)14)7-8(15)10(17)12(19)11(18)9(7)16;3*1-3-4-2;/h2-3H;3*1,3-4H2,2H3;. The molecule has 2 aromatic rings. The maximum absolute atomic E-state index is 14.7. The molecule has 2 aromatic carbocycles. The van der Waals surface area contributed by atoms with Crippen LogP contribution in [0, 0.1) is 40.7 Å². The molecule has 0 nitrogen and oxygen atoms in total. The van der Waals surface area contributed by atoms with Gasteiger partial charge in [-0.1, -0.05) is 0 Å². The first kappa shape index (κ1) is 27.0. The summed E-state index contributed by atoms with van der Waals surface area (Å²) in [5.74, 6) is -13.0. The van der Waals surface area contributed by atoms with Gasteiger partial charge in [0.05, 0.1) is 0 Å². The fourth-order valence-electron chi connectivity index (χ4n) is 4.36. The van der Waals surface area contributed by atoms with Crippen LogP contribution in [0.3, 0.4) is 0 Å². The molecule has 0 radical (unpaired) electrons. The van der Waals surface area contributed by atoms with Crippen LogP contribution in [0.1, 0.15) is 59.3 Å². The molecule has 0 N–H and O–H groups in total. The molecule has 0 aromatic heterocycles. The summed E-state index contributed by atoms with van der Waals surface area (Å²) in [5, 5.41) is 0. The average molecular weight is 569 g/mol. The van der Waals surface area contributed by atoms with Crippen LogP contribution in [0.4, 0.5) is 30.7 Å². The minimum absolute atomic E-state index is 0.303.